The first kappa shape index (κ1) is 19.8. The lowest BCUT2D eigenvalue weighted by Gasteiger charge is -2.27. The van der Waals surface area contributed by atoms with Gasteiger partial charge in [0.15, 0.2) is 5.65 Å². The van der Waals surface area contributed by atoms with E-state index in [1.54, 1.807) is 24.5 Å². The molecule has 0 aliphatic carbocycles. The van der Waals surface area contributed by atoms with Gasteiger partial charge in [0.1, 0.15) is 17.0 Å². The Morgan fingerprint density at radius 2 is 2.00 bits per heavy atom. The number of ether oxygens (including phenoxy) is 1. The first-order valence-corrected chi connectivity index (χ1v) is 11.3. The van der Waals surface area contributed by atoms with Gasteiger partial charge in [-0.3, -0.25) is 8.78 Å². The second kappa shape index (κ2) is 8.08. The molecule has 3 heterocycles. The molecule has 1 aliphatic rings. The van der Waals surface area contributed by atoms with Crippen molar-refractivity contribution in [2.75, 3.05) is 37.5 Å². The van der Waals surface area contributed by atoms with E-state index in [2.05, 4.69) is 23.7 Å². The van der Waals surface area contributed by atoms with E-state index in [-0.39, 0.29) is 11.8 Å². The van der Waals surface area contributed by atoms with E-state index in [9.17, 15) is 9.32 Å². The normalized spacial score (nSPS) is 16.9. The predicted molar refractivity (Wildman–Crippen MR) is 113 cm³/mol. The molecule has 1 aliphatic heterocycles. The number of benzene rings is 1. The number of phenols is 1. The van der Waals surface area contributed by atoms with Gasteiger partial charge in [-0.05, 0) is 25.5 Å². The van der Waals surface area contributed by atoms with E-state index in [0.29, 0.717) is 54.3 Å². The number of aromatic hydroxyl groups is 1. The van der Waals surface area contributed by atoms with E-state index in [1.165, 1.54) is 0 Å². The van der Waals surface area contributed by atoms with Crippen LogP contribution < -0.4 is 4.90 Å². The number of rotatable bonds is 5. The van der Waals surface area contributed by atoms with Crippen molar-refractivity contribution in [3.05, 3.63) is 24.3 Å². The van der Waals surface area contributed by atoms with Crippen molar-refractivity contribution in [3.63, 3.8) is 0 Å². The van der Waals surface area contributed by atoms with Crippen LogP contribution in [0.4, 0.5) is 5.95 Å². The molecule has 9 heteroatoms. The molecule has 0 amide bonds. The van der Waals surface area contributed by atoms with Gasteiger partial charge in [-0.2, -0.15) is 4.98 Å². The Hall–Kier alpha value is -2.52. The quantitative estimate of drug-likeness (QED) is 0.685. The third kappa shape index (κ3) is 3.72. The average molecular weight is 416 g/mol. The molecule has 2 atom stereocenters. The highest BCUT2D eigenvalue weighted by Crippen LogP contribution is 2.33. The van der Waals surface area contributed by atoms with E-state index in [4.69, 9.17) is 14.7 Å². The highest BCUT2D eigenvalue weighted by atomic mass is 32.2. The Balaban J connectivity index is 2.02. The highest BCUT2D eigenvalue weighted by molar-refractivity contribution is 7.84. The first-order valence-electron chi connectivity index (χ1n) is 9.75. The van der Waals surface area contributed by atoms with Crippen molar-refractivity contribution < 1.29 is 14.1 Å². The largest absolute Gasteiger partial charge is 0.508 e. The Labute approximate surface area is 172 Å². The standard InChI is InChI=1S/C20H25N5O3S/c1-4-13(2)25-18-17(22-20(25)29(3)27)16(14-6-5-7-15(26)12-14)21-19(23-18)24-8-10-28-11-9-24/h5-7,12-13,26H,4,8-11H2,1-3H3. The highest BCUT2D eigenvalue weighted by Gasteiger charge is 2.25. The van der Waals surface area contributed by atoms with E-state index in [1.807, 2.05) is 10.6 Å². The van der Waals surface area contributed by atoms with Gasteiger partial charge in [-0.15, -0.1) is 0 Å². The van der Waals surface area contributed by atoms with Crippen molar-refractivity contribution in [3.8, 4) is 17.0 Å². The second-order valence-electron chi connectivity index (χ2n) is 7.17. The van der Waals surface area contributed by atoms with Gasteiger partial charge >= 0.3 is 0 Å². The molecule has 4 rings (SSSR count). The molecule has 1 fully saturated rings. The number of morpholine rings is 1. The minimum atomic E-state index is -1.27. The van der Waals surface area contributed by atoms with Crippen molar-refractivity contribution in [2.24, 2.45) is 0 Å². The summed E-state index contributed by atoms with van der Waals surface area (Å²) >= 11 is 0. The van der Waals surface area contributed by atoms with Crippen LogP contribution in [0, 0.1) is 0 Å². The molecule has 154 valence electrons. The van der Waals surface area contributed by atoms with Crippen molar-refractivity contribution in [2.45, 2.75) is 31.5 Å². The second-order valence-corrected chi connectivity index (χ2v) is 8.44. The van der Waals surface area contributed by atoms with Crippen LogP contribution in [-0.4, -0.2) is 61.4 Å². The third-order valence-corrected chi connectivity index (χ3v) is 6.00. The average Bonchev–Trinajstić information content (AvgIpc) is 3.13. The van der Waals surface area contributed by atoms with Crippen LogP contribution in [0.2, 0.25) is 0 Å². The molecule has 1 saturated heterocycles. The number of phenolic OH excluding ortho intramolecular Hbond substituents is 1. The third-order valence-electron chi connectivity index (χ3n) is 5.20. The maximum atomic E-state index is 12.5. The molecule has 0 bridgehead atoms. The Morgan fingerprint density at radius 1 is 1.24 bits per heavy atom. The summed E-state index contributed by atoms with van der Waals surface area (Å²) in [7, 11) is -1.27. The number of fused-ring (bicyclic) bond motifs is 1. The number of aromatic nitrogens is 4. The smallest absolute Gasteiger partial charge is 0.228 e. The molecule has 1 aromatic carbocycles. The van der Waals surface area contributed by atoms with Crippen molar-refractivity contribution in [1.29, 1.82) is 0 Å². The SMILES string of the molecule is CCC(C)n1c(S(C)=O)nc2c(-c3cccc(O)c3)nc(N3CCOCC3)nc21. The molecule has 0 saturated carbocycles. The summed E-state index contributed by atoms with van der Waals surface area (Å²) in [4.78, 5) is 16.4. The lowest BCUT2D eigenvalue weighted by Crippen LogP contribution is -2.37. The number of imidazole rings is 1. The fourth-order valence-corrected chi connectivity index (χ4v) is 4.25. The molecule has 0 spiro atoms. The molecule has 3 aromatic rings. The van der Waals surface area contributed by atoms with Gasteiger partial charge in [0.2, 0.25) is 11.1 Å². The summed E-state index contributed by atoms with van der Waals surface area (Å²) in [6.45, 7) is 6.81. The maximum Gasteiger partial charge on any atom is 0.228 e. The van der Waals surface area contributed by atoms with E-state index in [0.717, 1.165) is 12.0 Å². The van der Waals surface area contributed by atoms with Crippen molar-refractivity contribution >= 4 is 27.9 Å². The lowest BCUT2D eigenvalue weighted by atomic mass is 10.1. The summed E-state index contributed by atoms with van der Waals surface area (Å²) in [5.74, 6) is 0.750. The molecule has 29 heavy (non-hydrogen) atoms. The Bertz CT molecular complexity index is 1060. The number of nitrogens with zero attached hydrogens (tertiary/aromatic N) is 5. The minimum Gasteiger partial charge on any atom is -0.508 e. The Morgan fingerprint density at radius 3 is 2.66 bits per heavy atom. The van der Waals surface area contributed by atoms with Crippen molar-refractivity contribution in [1.82, 2.24) is 19.5 Å². The molecular weight excluding hydrogens is 390 g/mol. The fourth-order valence-electron chi connectivity index (χ4n) is 3.48. The number of hydrogen-bond acceptors (Lipinski definition) is 7. The summed E-state index contributed by atoms with van der Waals surface area (Å²) in [6, 6.07) is 7.03. The molecule has 2 aromatic heterocycles. The summed E-state index contributed by atoms with van der Waals surface area (Å²) < 4.78 is 19.9. The van der Waals surface area contributed by atoms with Crippen LogP contribution in [0.15, 0.2) is 29.4 Å². The molecular formula is C20H25N5O3S. The summed E-state index contributed by atoms with van der Waals surface area (Å²) in [6.07, 6.45) is 2.48. The maximum absolute atomic E-state index is 12.5. The van der Waals surface area contributed by atoms with Crippen LogP contribution in [0.3, 0.4) is 0 Å². The van der Waals surface area contributed by atoms with E-state index >= 15 is 0 Å². The molecule has 8 nitrogen and oxygen atoms in total. The number of hydrogen-bond donors (Lipinski definition) is 1. The number of anilines is 1. The van der Waals surface area contributed by atoms with Crippen LogP contribution >= 0.6 is 0 Å². The van der Waals surface area contributed by atoms with Gasteiger partial charge in [-0.25, -0.2) is 9.97 Å². The van der Waals surface area contributed by atoms with Gasteiger partial charge in [0.25, 0.3) is 0 Å². The summed E-state index contributed by atoms with van der Waals surface area (Å²) in [5, 5.41) is 10.5. The van der Waals surface area contributed by atoms with Crippen LogP contribution in [-0.2, 0) is 15.5 Å². The lowest BCUT2D eigenvalue weighted by molar-refractivity contribution is 0.122. The molecule has 0 radical (unpaired) electrons. The van der Waals surface area contributed by atoms with Gasteiger partial charge < -0.3 is 14.7 Å². The van der Waals surface area contributed by atoms with Gasteiger partial charge in [0.05, 0.1) is 24.0 Å². The fraction of sp³-hybridized carbons (Fsp3) is 0.450. The molecule has 2 unspecified atom stereocenters. The summed E-state index contributed by atoms with van der Waals surface area (Å²) in [5.41, 5.74) is 2.63. The predicted octanol–water partition coefficient (Wildman–Crippen LogP) is 2.74. The zero-order valence-electron chi connectivity index (χ0n) is 16.8. The topological polar surface area (TPSA) is 93.4 Å². The molecule has 1 N–H and O–H groups in total. The van der Waals surface area contributed by atoms with Gasteiger partial charge in [-0.1, -0.05) is 19.1 Å². The van der Waals surface area contributed by atoms with Crippen LogP contribution in [0.5, 0.6) is 5.75 Å². The Kier molecular flexibility index (Phi) is 5.51. The zero-order valence-corrected chi connectivity index (χ0v) is 17.6. The monoisotopic (exact) mass is 415 g/mol. The van der Waals surface area contributed by atoms with Gasteiger partial charge in [0, 0.05) is 31.0 Å². The zero-order chi connectivity index (χ0) is 20.5. The van der Waals surface area contributed by atoms with Crippen LogP contribution in [0.1, 0.15) is 26.3 Å². The first-order chi connectivity index (χ1) is 14.0. The minimum absolute atomic E-state index is 0.0864. The van der Waals surface area contributed by atoms with E-state index < -0.39 is 10.8 Å². The van der Waals surface area contributed by atoms with Crippen LogP contribution in [0.25, 0.3) is 22.4 Å².